The molecule has 0 saturated heterocycles. The second-order valence-corrected chi connectivity index (χ2v) is 9.96. The van der Waals surface area contributed by atoms with Gasteiger partial charge in [-0.2, -0.15) is 16.4 Å². The highest BCUT2D eigenvalue weighted by Crippen LogP contribution is 2.37. The van der Waals surface area contributed by atoms with E-state index < -0.39 is 0 Å². The van der Waals surface area contributed by atoms with Crippen LogP contribution in [0.5, 0.6) is 0 Å². The van der Waals surface area contributed by atoms with Gasteiger partial charge in [0.05, 0.1) is 23.1 Å². The molecule has 3 N–H and O–H groups in total. The van der Waals surface area contributed by atoms with Crippen LogP contribution in [0.4, 0.5) is 5.69 Å². The van der Waals surface area contributed by atoms with Crippen LogP contribution in [0.25, 0.3) is 55.4 Å². The van der Waals surface area contributed by atoms with Crippen LogP contribution in [0, 0.1) is 5.92 Å². The Morgan fingerprint density at radius 1 is 0.943 bits per heavy atom. The predicted octanol–water partition coefficient (Wildman–Crippen LogP) is 7.84. The fraction of sp³-hybridized carbons (Fsp3) is 0.103. The lowest BCUT2D eigenvalue weighted by atomic mass is 10.0. The van der Waals surface area contributed by atoms with E-state index in [9.17, 15) is 0 Å². The molecule has 1 aliphatic carbocycles. The summed E-state index contributed by atoms with van der Waals surface area (Å²) in [4.78, 5) is 8.06. The number of allylic oxidation sites excluding steroid dienone is 1. The molecule has 4 aromatic heterocycles. The summed E-state index contributed by atoms with van der Waals surface area (Å²) in [5.41, 5.74) is 10.7. The lowest BCUT2D eigenvalue weighted by Gasteiger charge is -2.10. The van der Waals surface area contributed by atoms with Gasteiger partial charge < -0.3 is 10.3 Å². The Hall–Kier alpha value is -4.16. The highest BCUT2D eigenvalue weighted by molar-refractivity contribution is 7.08. The Morgan fingerprint density at radius 3 is 2.74 bits per heavy atom. The molecule has 0 bridgehead atoms. The van der Waals surface area contributed by atoms with Crippen molar-refractivity contribution in [2.75, 3.05) is 5.32 Å². The van der Waals surface area contributed by atoms with Crippen molar-refractivity contribution in [2.24, 2.45) is 5.92 Å². The molecule has 0 unspecified atom stereocenters. The van der Waals surface area contributed by atoms with Crippen LogP contribution in [0.1, 0.15) is 12.8 Å². The molecule has 170 valence electrons. The van der Waals surface area contributed by atoms with Crippen LogP contribution in [0.3, 0.4) is 0 Å². The zero-order valence-corrected chi connectivity index (χ0v) is 19.8. The van der Waals surface area contributed by atoms with E-state index in [0.717, 1.165) is 50.3 Å². The average Bonchev–Trinajstić information content (AvgIpc) is 3.26. The van der Waals surface area contributed by atoms with Gasteiger partial charge in [-0.25, -0.2) is 0 Å². The molecule has 1 aliphatic rings. The first-order valence-corrected chi connectivity index (χ1v) is 12.7. The first kappa shape index (κ1) is 20.2. The number of pyridine rings is 1. The summed E-state index contributed by atoms with van der Waals surface area (Å²) >= 11 is 1.72. The van der Waals surface area contributed by atoms with Crippen molar-refractivity contribution in [2.45, 2.75) is 12.8 Å². The quantitative estimate of drug-likeness (QED) is 0.231. The summed E-state index contributed by atoms with van der Waals surface area (Å²) in [6.45, 7) is 4.18. The van der Waals surface area contributed by atoms with Gasteiger partial charge in [-0.3, -0.25) is 10.1 Å². The number of anilines is 1. The number of nitrogens with zero attached hydrogens (tertiary/aromatic N) is 2. The number of rotatable bonds is 6. The lowest BCUT2D eigenvalue weighted by Crippen LogP contribution is -2.00. The highest BCUT2D eigenvalue weighted by atomic mass is 32.1. The van der Waals surface area contributed by atoms with Gasteiger partial charge in [0.25, 0.3) is 0 Å². The number of thiophene rings is 1. The Morgan fingerprint density at radius 2 is 1.89 bits per heavy atom. The van der Waals surface area contributed by atoms with Gasteiger partial charge in [0.2, 0.25) is 0 Å². The smallest absolute Gasteiger partial charge is 0.116 e. The van der Waals surface area contributed by atoms with Crippen LogP contribution in [0.15, 0.2) is 90.0 Å². The van der Waals surface area contributed by atoms with E-state index in [4.69, 9.17) is 0 Å². The van der Waals surface area contributed by atoms with Gasteiger partial charge in [0.15, 0.2) is 0 Å². The molecule has 0 aliphatic heterocycles. The van der Waals surface area contributed by atoms with Gasteiger partial charge >= 0.3 is 0 Å². The molecule has 5 nitrogen and oxygen atoms in total. The van der Waals surface area contributed by atoms with Crippen molar-refractivity contribution >= 4 is 38.8 Å². The fourth-order valence-electron chi connectivity index (χ4n) is 4.74. The second-order valence-electron chi connectivity index (χ2n) is 9.18. The summed E-state index contributed by atoms with van der Waals surface area (Å²) < 4.78 is 0. The third kappa shape index (κ3) is 3.63. The highest BCUT2D eigenvalue weighted by Gasteiger charge is 2.24. The molecular formula is C29H23N5S. The van der Waals surface area contributed by atoms with Gasteiger partial charge in [-0.05, 0) is 82.6 Å². The minimum atomic E-state index is 0.597. The van der Waals surface area contributed by atoms with Crippen molar-refractivity contribution in [3.05, 3.63) is 90.0 Å². The molecule has 6 aromatic rings. The van der Waals surface area contributed by atoms with E-state index in [1.165, 1.54) is 29.4 Å². The Bertz CT molecular complexity index is 1700. The molecule has 1 fully saturated rings. The van der Waals surface area contributed by atoms with E-state index in [-0.39, 0.29) is 0 Å². The molecule has 7 rings (SSSR count). The van der Waals surface area contributed by atoms with Crippen LogP contribution < -0.4 is 5.32 Å². The summed E-state index contributed by atoms with van der Waals surface area (Å²) in [5, 5.41) is 17.9. The molecule has 0 amide bonds. The van der Waals surface area contributed by atoms with E-state index in [0.29, 0.717) is 5.92 Å². The number of aromatic nitrogens is 4. The fourth-order valence-corrected chi connectivity index (χ4v) is 5.39. The maximum atomic E-state index is 4.68. The van der Waals surface area contributed by atoms with Crippen LogP contribution in [-0.2, 0) is 0 Å². The van der Waals surface area contributed by atoms with Crippen LogP contribution in [0.2, 0.25) is 0 Å². The number of benzene rings is 2. The SMILES string of the molecule is C=C(Nc1cncc(-c2ccc3[nH]nc(-c4cc5c(-c6ccsc6)cccc5[nH]4)c3c2)c1)C1CC1. The number of hydrogen-bond donors (Lipinski definition) is 3. The summed E-state index contributed by atoms with van der Waals surface area (Å²) in [6, 6.07) is 19.3. The third-order valence-corrected chi connectivity index (χ3v) is 7.44. The molecule has 2 aromatic carbocycles. The number of H-pyrrole nitrogens is 2. The normalized spacial score (nSPS) is 13.5. The molecule has 6 heteroatoms. The van der Waals surface area contributed by atoms with Gasteiger partial charge in [-0.15, -0.1) is 0 Å². The van der Waals surface area contributed by atoms with Crippen LogP contribution in [-0.4, -0.2) is 20.2 Å². The number of fused-ring (bicyclic) bond motifs is 2. The van der Waals surface area contributed by atoms with Crippen molar-refractivity contribution in [3.63, 3.8) is 0 Å². The molecule has 0 atom stereocenters. The third-order valence-electron chi connectivity index (χ3n) is 6.76. The lowest BCUT2D eigenvalue weighted by molar-refractivity contribution is 1.02. The van der Waals surface area contributed by atoms with E-state index in [1.54, 1.807) is 11.3 Å². The summed E-state index contributed by atoms with van der Waals surface area (Å²) in [5.74, 6) is 0.597. The van der Waals surface area contributed by atoms with Gasteiger partial charge in [0, 0.05) is 33.7 Å². The monoisotopic (exact) mass is 473 g/mol. The number of hydrogen-bond acceptors (Lipinski definition) is 4. The molecule has 35 heavy (non-hydrogen) atoms. The van der Waals surface area contributed by atoms with E-state index in [1.807, 2.05) is 12.4 Å². The summed E-state index contributed by atoms with van der Waals surface area (Å²) in [6.07, 6.45) is 6.21. The number of aromatic amines is 2. The predicted molar refractivity (Wildman–Crippen MR) is 145 cm³/mol. The second kappa shape index (κ2) is 7.96. The van der Waals surface area contributed by atoms with Gasteiger partial charge in [0.1, 0.15) is 5.69 Å². The van der Waals surface area contributed by atoms with Crippen molar-refractivity contribution in [1.29, 1.82) is 0 Å². The topological polar surface area (TPSA) is 69.4 Å². The first-order chi connectivity index (χ1) is 17.2. The van der Waals surface area contributed by atoms with E-state index in [2.05, 4.69) is 97.4 Å². The molecule has 0 spiro atoms. The molecule has 4 heterocycles. The minimum absolute atomic E-state index is 0.597. The Kier molecular flexibility index (Phi) is 4.60. The molecular weight excluding hydrogens is 450 g/mol. The number of nitrogens with one attached hydrogen (secondary N) is 3. The van der Waals surface area contributed by atoms with Crippen LogP contribution >= 0.6 is 11.3 Å². The van der Waals surface area contributed by atoms with Gasteiger partial charge in [-0.1, -0.05) is 24.8 Å². The Labute approximate surface area is 206 Å². The van der Waals surface area contributed by atoms with Crippen molar-refractivity contribution in [3.8, 4) is 33.6 Å². The zero-order valence-electron chi connectivity index (χ0n) is 19.0. The van der Waals surface area contributed by atoms with E-state index >= 15 is 0 Å². The summed E-state index contributed by atoms with van der Waals surface area (Å²) in [7, 11) is 0. The molecule has 1 saturated carbocycles. The van der Waals surface area contributed by atoms with Crippen molar-refractivity contribution in [1.82, 2.24) is 20.2 Å². The first-order valence-electron chi connectivity index (χ1n) is 11.8. The standard InChI is InChI=1S/C29H23N5S/c1-17(18-5-6-18)31-22-11-21(14-30-15-22)19-7-8-27-25(12-19)29(34-33-27)28-13-24-23(20-9-10-35-16-20)3-2-4-26(24)32-28/h2-4,7-16,18,31-32H,1,5-6H2,(H,33,34). The maximum Gasteiger partial charge on any atom is 0.116 e. The maximum absolute atomic E-state index is 4.68. The average molecular weight is 474 g/mol. The largest absolute Gasteiger partial charge is 0.358 e. The Balaban J connectivity index is 1.29. The zero-order chi connectivity index (χ0) is 23.4. The van der Waals surface area contributed by atoms with Crippen molar-refractivity contribution < 1.29 is 0 Å². The molecule has 0 radical (unpaired) electrons. The minimum Gasteiger partial charge on any atom is -0.358 e.